The molecule has 0 aliphatic rings. The predicted molar refractivity (Wildman–Crippen MR) is 68.9 cm³/mol. The molecule has 0 amide bonds. The van der Waals surface area contributed by atoms with Crippen LogP contribution in [-0.4, -0.2) is 14.6 Å². The van der Waals surface area contributed by atoms with Crippen molar-refractivity contribution in [3.8, 4) is 10.7 Å². The van der Waals surface area contributed by atoms with Crippen molar-refractivity contribution < 1.29 is 0 Å². The highest BCUT2D eigenvalue weighted by atomic mass is 32.1. The van der Waals surface area contributed by atoms with E-state index >= 15 is 0 Å². The van der Waals surface area contributed by atoms with Gasteiger partial charge in [-0.05, 0) is 25.1 Å². The quantitative estimate of drug-likeness (QED) is 0.752. The number of nitrogens with two attached hydrogens (primary N) is 1. The second-order valence-corrected chi connectivity index (χ2v) is 5.15. The highest BCUT2D eigenvalue weighted by molar-refractivity contribution is 7.15. The number of hydrogen-bond donors (Lipinski definition) is 1. The van der Waals surface area contributed by atoms with Crippen LogP contribution in [0.2, 0.25) is 0 Å². The van der Waals surface area contributed by atoms with Crippen molar-refractivity contribution >= 4 is 17.0 Å². The molecular weight excluding hydrogens is 232 g/mol. The van der Waals surface area contributed by atoms with Crippen LogP contribution >= 0.6 is 11.3 Å². The lowest BCUT2D eigenvalue weighted by Crippen LogP contribution is -1.99. The van der Waals surface area contributed by atoms with E-state index in [4.69, 9.17) is 5.73 Å². The maximum Gasteiger partial charge on any atom is 0.178 e. The highest BCUT2D eigenvalue weighted by Gasteiger charge is 2.11. The fourth-order valence-electron chi connectivity index (χ4n) is 1.85. The lowest BCUT2D eigenvalue weighted by atomic mass is 10.2. The van der Waals surface area contributed by atoms with Gasteiger partial charge in [0.25, 0.3) is 0 Å². The molecule has 5 heteroatoms. The van der Waals surface area contributed by atoms with E-state index in [0.717, 1.165) is 21.9 Å². The Morgan fingerprint density at radius 1 is 1.29 bits per heavy atom. The number of thiophene rings is 1. The van der Waals surface area contributed by atoms with Crippen LogP contribution in [0.25, 0.3) is 16.3 Å². The number of rotatable bonds is 2. The zero-order valence-electron chi connectivity index (χ0n) is 9.42. The summed E-state index contributed by atoms with van der Waals surface area (Å²) in [5.74, 6) is 0.883. The summed E-state index contributed by atoms with van der Waals surface area (Å²) in [7, 11) is 0. The molecule has 3 aromatic heterocycles. The van der Waals surface area contributed by atoms with E-state index in [0.29, 0.717) is 6.54 Å². The topological polar surface area (TPSA) is 56.2 Å². The predicted octanol–water partition coefficient (Wildman–Crippen LogP) is 2.22. The summed E-state index contributed by atoms with van der Waals surface area (Å²) >= 11 is 1.72. The van der Waals surface area contributed by atoms with Crippen LogP contribution in [0.1, 0.15) is 10.4 Å². The van der Waals surface area contributed by atoms with Gasteiger partial charge in [-0.2, -0.15) is 0 Å². The fourth-order valence-corrected chi connectivity index (χ4v) is 2.70. The molecule has 0 saturated carbocycles. The molecule has 86 valence electrons. The van der Waals surface area contributed by atoms with Crippen molar-refractivity contribution in [3.63, 3.8) is 0 Å². The molecule has 0 saturated heterocycles. The summed E-state index contributed by atoms with van der Waals surface area (Å²) in [5.41, 5.74) is 7.55. The van der Waals surface area contributed by atoms with Gasteiger partial charge in [0.2, 0.25) is 0 Å². The molecule has 3 aromatic rings. The zero-order chi connectivity index (χ0) is 11.8. The Balaban J connectivity index is 2.25. The molecule has 0 aromatic carbocycles. The molecule has 0 spiro atoms. The van der Waals surface area contributed by atoms with Gasteiger partial charge in [-0.25, -0.2) is 0 Å². The normalized spacial score (nSPS) is 11.2. The summed E-state index contributed by atoms with van der Waals surface area (Å²) in [6.07, 6.45) is 1.97. The van der Waals surface area contributed by atoms with Gasteiger partial charge in [-0.1, -0.05) is 6.07 Å². The Kier molecular flexibility index (Phi) is 2.42. The third-order valence-corrected chi connectivity index (χ3v) is 3.69. The summed E-state index contributed by atoms with van der Waals surface area (Å²) in [4.78, 5) is 2.40. The average Bonchev–Trinajstić information content (AvgIpc) is 2.94. The van der Waals surface area contributed by atoms with Gasteiger partial charge in [-0.3, -0.25) is 4.40 Å². The minimum atomic E-state index is 0.478. The van der Waals surface area contributed by atoms with E-state index in [9.17, 15) is 0 Å². The van der Waals surface area contributed by atoms with Crippen molar-refractivity contribution in [2.24, 2.45) is 5.73 Å². The molecule has 0 aliphatic heterocycles. The average molecular weight is 244 g/mol. The smallest absolute Gasteiger partial charge is 0.178 e. The van der Waals surface area contributed by atoms with Crippen molar-refractivity contribution in [3.05, 3.63) is 40.9 Å². The number of fused-ring (bicyclic) bond motifs is 1. The van der Waals surface area contributed by atoms with Gasteiger partial charge in [0.1, 0.15) is 0 Å². The molecule has 4 nitrogen and oxygen atoms in total. The molecule has 2 N–H and O–H groups in total. The maximum absolute atomic E-state index is 5.69. The van der Waals surface area contributed by atoms with Gasteiger partial charge in [0.15, 0.2) is 11.5 Å². The monoisotopic (exact) mass is 244 g/mol. The van der Waals surface area contributed by atoms with Crippen LogP contribution in [0.5, 0.6) is 0 Å². The molecule has 3 heterocycles. The molecule has 0 aliphatic carbocycles. The Labute approximate surface area is 103 Å². The van der Waals surface area contributed by atoms with E-state index in [2.05, 4.69) is 29.3 Å². The second kappa shape index (κ2) is 3.94. The standard InChI is InChI=1S/C12H12N4S/c1-8-4-5-10(17-8)12-15-14-11-9(7-13)3-2-6-16(11)12/h2-6H,7,13H2,1H3. The largest absolute Gasteiger partial charge is 0.326 e. The van der Waals surface area contributed by atoms with Crippen molar-refractivity contribution in [1.82, 2.24) is 14.6 Å². The Morgan fingerprint density at radius 3 is 2.88 bits per heavy atom. The summed E-state index contributed by atoms with van der Waals surface area (Å²) in [6, 6.07) is 8.12. The molecule has 0 atom stereocenters. The van der Waals surface area contributed by atoms with E-state index in [1.807, 2.05) is 22.7 Å². The molecule has 3 rings (SSSR count). The van der Waals surface area contributed by atoms with Crippen LogP contribution in [-0.2, 0) is 6.54 Å². The van der Waals surface area contributed by atoms with E-state index < -0.39 is 0 Å². The number of nitrogens with zero attached hydrogens (tertiary/aromatic N) is 3. The Hall–Kier alpha value is -1.72. The van der Waals surface area contributed by atoms with Crippen LogP contribution in [0, 0.1) is 6.92 Å². The molecular formula is C12H12N4S. The summed E-state index contributed by atoms with van der Waals surface area (Å²) in [5, 5.41) is 8.47. The van der Waals surface area contributed by atoms with E-state index in [-0.39, 0.29) is 0 Å². The van der Waals surface area contributed by atoms with E-state index in [1.54, 1.807) is 11.3 Å². The molecule has 0 unspecified atom stereocenters. The molecule has 0 bridgehead atoms. The maximum atomic E-state index is 5.69. The van der Waals surface area contributed by atoms with Crippen molar-refractivity contribution in [2.75, 3.05) is 0 Å². The van der Waals surface area contributed by atoms with E-state index in [1.165, 1.54) is 4.88 Å². The van der Waals surface area contributed by atoms with Crippen molar-refractivity contribution in [2.45, 2.75) is 13.5 Å². The lowest BCUT2D eigenvalue weighted by molar-refractivity contribution is 1.04. The number of aromatic nitrogens is 3. The third kappa shape index (κ3) is 1.64. The first kappa shape index (κ1) is 10.4. The van der Waals surface area contributed by atoms with Gasteiger partial charge in [0, 0.05) is 23.2 Å². The van der Waals surface area contributed by atoms with Gasteiger partial charge >= 0.3 is 0 Å². The van der Waals surface area contributed by atoms with Crippen LogP contribution in [0.15, 0.2) is 30.5 Å². The summed E-state index contributed by atoms with van der Waals surface area (Å²) < 4.78 is 1.99. The van der Waals surface area contributed by atoms with Crippen LogP contribution in [0.4, 0.5) is 0 Å². The fraction of sp³-hybridized carbons (Fsp3) is 0.167. The first-order chi connectivity index (χ1) is 8.29. The first-order valence-corrected chi connectivity index (χ1v) is 6.21. The van der Waals surface area contributed by atoms with Gasteiger partial charge < -0.3 is 5.73 Å². The number of pyridine rings is 1. The number of hydrogen-bond acceptors (Lipinski definition) is 4. The van der Waals surface area contributed by atoms with Crippen LogP contribution in [0.3, 0.4) is 0 Å². The van der Waals surface area contributed by atoms with Crippen LogP contribution < -0.4 is 5.73 Å². The highest BCUT2D eigenvalue weighted by Crippen LogP contribution is 2.26. The molecule has 0 fully saturated rings. The Morgan fingerprint density at radius 2 is 2.18 bits per heavy atom. The zero-order valence-corrected chi connectivity index (χ0v) is 10.2. The Bertz CT molecular complexity index is 668. The summed E-state index contributed by atoms with van der Waals surface area (Å²) in [6.45, 7) is 2.56. The number of aryl methyl sites for hydroxylation is 1. The minimum absolute atomic E-state index is 0.478. The van der Waals surface area contributed by atoms with Crippen molar-refractivity contribution in [1.29, 1.82) is 0 Å². The molecule has 17 heavy (non-hydrogen) atoms. The van der Waals surface area contributed by atoms with Gasteiger partial charge in [0.05, 0.1) is 4.88 Å². The lowest BCUT2D eigenvalue weighted by Gasteiger charge is -2.00. The first-order valence-electron chi connectivity index (χ1n) is 5.39. The third-order valence-electron chi connectivity index (χ3n) is 2.70. The second-order valence-electron chi connectivity index (χ2n) is 3.87. The van der Waals surface area contributed by atoms with Gasteiger partial charge in [-0.15, -0.1) is 21.5 Å². The minimum Gasteiger partial charge on any atom is -0.326 e. The molecule has 0 radical (unpaired) electrons. The SMILES string of the molecule is Cc1ccc(-c2nnc3c(CN)cccn23)s1.